The van der Waals surface area contributed by atoms with E-state index in [-0.39, 0.29) is 0 Å². The third kappa shape index (κ3) is 1.50. The Bertz CT molecular complexity index is 557. The van der Waals surface area contributed by atoms with Crippen molar-refractivity contribution in [3.05, 3.63) is 70.9 Å². The van der Waals surface area contributed by atoms with E-state index in [1.807, 2.05) is 12.1 Å². The van der Waals surface area contributed by atoms with Crippen molar-refractivity contribution in [1.29, 1.82) is 0 Å². The van der Waals surface area contributed by atoms with Crippen LogP contribution in [0.5, 0.6) is 0 Å². The Kier molecular flexibility index (Phi) is 2.03. The van der Waals surface area contributed by atoms with Crippen LogP contribution >= 0.6 is 0 Å². The largest absolute Gasteiger partial charge is 0.399 e. The van der Waals surface area contributed by atoms with Crippen molar-refractivity contribution < 1.29 is 0 Å². The summed E-state index contributed by atoms with van der Waals surface area (Å²) in [4.78, 5) is 0. The summed E-state index contributed by atoms with van der Waals surface area (Å²) in [6, 6.07) is 6.14. The van der Waals surface area contributed by atoms with Gasteiger partial charge in [-0.3, -0.25) is 0 Å². The van der Waals surface area contributed by atoms with E-state index < -0.39 is 0 Å². The van der Waals surface area contributed by atoms with Crippen LogP contribution in [0.15, 0.2) is 59.7 Å². The van der Waals surface area contributed by atoms with Gasteiger partial charge in [-0.2, -0.15) is 0 Å². The number of hydrogen-bond donors (Lipinski definition) is 1. The topological polar surface area (TPSA) is 26.0 Å². The van der Waals surface area contributed by atoms with E-state index in [2.05, 4.69) is 42.5 Å². The summed E-state index contributed by atoms with van der Waals surface area (Å²) < 4.78 is 0. The first-order chi connectivity index (χ1) is 7.83. The quantitative estimate of drug-likeness (QED) is 0.649. The number of anilines is 1. The molecule has 16 heavy (non-hydrogen) atoms. The van der Waals surface area contributed by atoms with Crippen LogP contribution in [0.2, 0.25) is 0 Å². The molecule has 0 saturated carbocycles. The fourth-order valence-corrected chi connectivity index (χ4v) is 2.18. The molecule has 0 aromatic heterocycles. The highest BCUT2D eigenvalue weighted by Gasteiger charge is 2.13. The van der Waals surface area contributed by atoms with Gasteiger partial charge < -0.3 is 5.73 Å². The minimum absolute atomic E-state index is 0.832. The number of nitrogens with two attached hydrogens (primary N) is 1. The molecule has 3 rings (SSSR count). The predicted molar refractivity (Wildman–Crippen MR) is 68.9 cm³/mol. The fourth-order valence-electron chi connectivity index (χ4n) is 2.18. The standard InChI is InChI=1S/C15H13N/c16-15-7-6-13-8-11-4-2-1-3-5-12(11)9-14(13)10-15/h1-7,9-10H,8,16H2. The molecule has 0 fully saturated rings. The van der Waals surface area contributed by atoms with Crippen molar-refractivity contribution in [3.8, 4) is 0 Å². The Labute approximate surface area is 95.3 Å². The Balaban J connectivity index is 2.16. The van der Waals surface area contributed by atoms with Gasteiger partial charge in [0.25, 0.3) is 0 Å². The number of nitrogen functional groups attached to an aromatic ring is 1. The van der Waals surface area contributed by atoms with Gasteiger partial charge in [-0.1, -0.05) is 36.4 Å². The molecule has 0 unspecified atom stereocenters. The average molecular weight is 207 g/mol. The van der Waals surface area contributed by atoms with Crippen molar-refractivity contribution in [2.24, 2.45) is 0 Å². The molecule has 0 amide bonds. The summed E-state index contributed by atoms with van der Waals surface area (Å²) in [6.45, 7) is 0. The molecule has 1 heteroatoms. The first-order valence-corrected chi connectivity index (χ1v) is 5.47. The van der Waals surface area contributed by atoms with Gasteiger partial charge in [0.1, 0.15) is 0 Å². The molecule has 0 radical (unpaired) electrons. The molecule has 2 N–H and O–H groups in total. The van der Waals surface area contributed by atoms with E-state index in [1.54, 1.807) is 0 Å². The van der Waals surface area contributed by atoms with Gasteiger partial charge in [0.15, 0.2) is 0 Å². The molecule has 2 aliphatic carbocycles. The lowest BCUT2D eigenvalue weighted by atomic mass is 9.87. The molecular weight excluding hydrogens is 194 g/mol. The van der Waals surface area contributed by atoms with Crippen LogP contribution < -0.4 is 5.73 Å². The van der Waals surface area contributed by atoms with Gasteiger partial charge in [-0.05, 0) is 46.9 Å². The molecule has 0 saturated heterocycles. The number of rotatable bonds is 0. The van der Waals surface area contributed by atoms with Gasteiger partial charge in [0.2, 0.25) is 0 Å². The third-order valence-electron chi connectivity index (χ3n) is 3.03. The van der Waals surface area contributed by atoms with Gasteiger partial charge in [0.05, 0.1) is 0 Å². The second-order valence-corrected chi connectivity index (χ2v) is 4.17. The summed E-state index contributed by atoms with van der Waals surface area (Å²) in [5.41, 5.74) is 11.9. The van der Waals surface area contributed by atoms with E-state index in [9.17, 15) is 0 Å². The maximum Gasteiger partial charge on any atom is 0.0320 e. The minimum atomic E-state index is 0.832. The van der Waals surface area contributed by atoms with Crippen molar-refractivity contribution >= 4 is 11.8 Å². The molecular formula is C15H13N. The molecule has 1 aromatic rings. The Morgan fingerprint density at radius 2 is 2.00 bits per heavy atom. The summed E-state index contributed by atoms with van der Waals surface area (Å²) in [5.74, 6) is 0. The Morgan fingerprint density at radius 1 is 1.06 bits per heavy atom. The maximum absolute atomic E-state index is 5.81. The molecule has 0 aliphatic heterocycles. The van der Waals surface area contributed by atoms with E-state index in [0.717, 1.165) is 12.1 Å². The summed E-state index contributed by atoms with van der Waals surface area (Å²) >= 11 is 0. The van der Waals surface area contributed by atoms with Crippen molar-refractivity contribution in [1.82, 2.24) is 0 Å². The summed E-state index contributed by atoms with van der Waals surface area (Å²) in [6.07, 6.45) is 13.8. The van der Waals surface area contributed by atoms with Gasteiger partial charge in [-0.25, -0.2) is 0 Å². The lowest BCUT2D eigenvalue weighted by Gasteiger charge is -2.17. The van der Waals surface area contributed by atoms with Crippen LogP contribution in [-0.2, 0) is 6.42 Å². The van der Waals surface area contributed by atoms with Gasteiger partial charge in [-0.15, -0.1) is 0 Å². The number of allylic oxidation sites excluding steroid dienone is 7. The summed E-state index contributed by atoms with van der Waals surface area (Å²) in [5, 5.41) is 0. The third-order valence-corrected chi connectivity index (χ3v) is 3.03. The molecule has 0 heterocycles. The first kappa shape index (κ1) is 9.22. The fraction of sp³-hybridized carbons (Fsp3) is 0.0667. The molecule has 0 bridgehead atoms. The van der Waals surface area contributed by atoms with Crippen molar-refractivity contribution in [2.75, 3.05) is 5.73 Å². The Morgan fingerprint density at radius 3 is 2.94 bits per heavy atom. The Hall–Kier alpha value is -2.02. The second-order valence-electron chi connectivity index (χ2n) is 4.17. The zero-order valence-electron chi connectivity index (χ0n) is 8.98. The first-order valence-electron chi connectivity index (χ1n) is 5.47. The van der Waals surface area contributed by atoms with E-state index in [1.165, 1.54) is 22.3 Å². The maximum atomic E-state index is 5.81. The van der Waals surface area contributed by atoms with E-state index in [4.69, 9.17) is 5.73 Å². The number of fused-ring (bicyclic) bond motifs is 2. The number of benzene rings is 1. The van der Waals surface area contributed by atoms with Crippen LogP contribution in [0.1, 0.15) is 11.1 Å². The van der Waals surface area contributed by atoms with Crippen LogP contribution in [0.4, 0.5) is 5.69 Å². The zero-order valence-corrected chi connectivity index (χ0v) is 8.98. The van der Waals surface area contributed by atoms with Crippen LogP contribution in [0.25, 0.3) is 6.08 Å². The lowest BCUT2D eigenvalue weighted by molar-refractivity contribution is 1.15. The van der Waals surface area contributed by atoms with Gasteiger partial charge >= 0.3 is 0 Å². The highest BCUT2D eigenvalue weighted by Crippen LogP contribution is 2.30. The van der Waals surface area contributed by atoms with E-state index in [0.29, 0.717) is 0 Å². The zero-order chi connectivity index (χ0) is 11.0. The smallest absolute Gasteiger partial charge is 0.0320 e. The highest BCUT2D eigenvalue weighted by molar-refractivity contribution is 5.72. The van der Waals surface area contributed by atoms with Gasteiger partial charge in [0, 0.05) is 5.69 Å². The number of hydrogen-bond acceptors (Lipinski definition) is 1. The summed E-state index contributed by atoms with van der Waals surface area (Å²) in [7, 11) is 0. The molecule has 0 spiro atoms. The molecule has 0 atom stereocenters. The minimum Gasteiger partial charge on any atom is -0.399 e. The van der Waals surface area contributed by atoms with Crippen LogP contribution in [0, 0.1) is 0 Å². The molecule has 2 aliphatic rings. The predicted octanol–water partition coefficient (Wildman–Crippen LogP) is 3.26. The van der Waals surface area contributed by atoms with Crippen molar-refractivity contribution in [2.45, 2.75) is 6.42 Å². The van der Waals surface area contributed by atoms with Crippen molar-refractivity contribution in [3.63, 3.8) is 0 Å². The molecule has 78 valence electrons. The van der Waals surface area contributed by atoms with Crippen LogP contribution in [-0.4, -0.2) is 0 Å². The highest BCUT2D eigenvalue weighted by atomic mass is 14.5. The molecule has 1 aromatic carbocycles. The van der Waals surface area contributed by atoms with Crippen LogP contribution in [0.3, 0.4) is 0 Å². The normalized spacial score (nSPS) is 17.0. The molecule has 1 nitrogen and oxygen atoms in total. The second kappa shape index (κ2) is 3.53. The van der Waals surface area contributed by atoms with E-state index >= 15 is 0 Å². The average Bonchev–Trinajstić information content (AvgIpc) is 2.50. The lowest BCUT2D eigenvalue weighted by Crippen LogP contribution is -2.02. The monoisotopic (exact) mass is 207 g/mol. The SMILES string of the molecule is Nc1ccc2c(c1)C=C1C=CC=CC=C1C2.